The zero-order chi connectivity index (χ0) is 22.6. The summed E-state index contributed by atoms with van der Waals surface area (Å²) in [6.07, 6.45) is -4.93. The highest BCUT2D eigenvalue weighted by molar-refractivity contribution is 5.95. The molecule has 0 N–H and O–H groups in total. The summed E-state index contributed by atoms with van der Waals surface area (Å²) in [5, 5.41) is 8.32. The van der Waals surface area contributed by atoms with Gasteiger partial charge in [-0.15, -0.1) is 10.2 Å². The molecule has 166 valence electrons. The molecule has 2 bridgehead atoms. The lowest BCUT2D eigenvalue weighted by Crippen LogP contribution is -2.56. The Morgan fingerprint density at radius 3 is 2.50 bits per heavy atom. The predicted octanol–water partition coefficient (Wildman–Crippen LogP) is 3.84. The highest BCUT2D eigenvalue weighted by atomic mass is 19.4. The number of rotatable bonds is 2. The van der Waals surface area contributed by atoms with E-state index in [0.717, 1.165) is 12.1 Å². The second-order valence-electron chi connectivity index (χ2n) is 7.58. The lowest BCUT2D eigenvalue weighted by Gasteiger charge is -2.45. The van der Waals surface area contributed by atoms with E-state index >= 15 is 0 Å². The minimum Gasteiger partial charge on any atom is -0.377 e. The van der Waals surface area contributed by atoms with Gasteiger partial charge in [-0.2, -0.15) is 13.2 Å². The Morgan fingerprint density at radius 2 is 1.78 bits per heavy atom. The van der Waals surface area contributed by atoms with Gasteiger partial charge in [0, 0.05) is 12.1 Å². The van der Waals surface area contributed by atoms with Gasteiger partial charge in [0.15, 0.2) is 11.6 Å². The molecule has 3 heterocycles. The van der Waals surface area contributed by atoms with Crippen molar-refractivity contribution in [2.45, 2.75) is 24.8 Å². The van der Waals surface area contributed by atoms with Crippen LogP contribution in [0.5, 0.6) is 0 Å². The van der Waals surface area contributed by atoms with Gasteiger partial charge in [0.1, 0.15) is 17.7 Å². The predicted molar refractivity (Wildman–Crippen MR) is 100 cm³/mol. The van der Waals surface area contributed by atoms with E-state index in [4.69, 9.17) is 4.74 Å². The van der Waals surface area contributed by atoms with E-state index in [0.29, 0.717) is 23.3 Å². The average molecular weight is 450 g/mol. The molecule has 1 aromatic heterocycles. The molecule has 2 aliphatic heterocycles. The smallest absolute Gasteiger partial charge is 0.377 e. The molecule has 3 aromatic rings. The maximum absolute atomic E-state index is 14.6. The fourth-order valence-electron chi connectivity index (χ4n) is 4.20. The minimum absolute atomic E-state index is 0.0321. The Balaban J connectivity index is 1.54. The van der Waals surface area contributed by atoms with Gasteiger partial charge in [0.25, 0.3) is 5.91 Å². The van der Waals surface area contributed by atoms with Crippen LogP contribution in [-0.4, -0.2) is 44.8 Å². The lowest BCUT2D eigenvalue weighted by atomic mass is 10.0. The summed E-state index contributed by atoms with van der Waals surface area (Å²) in [5.74, 6) is -2.06. The number of ether oxygens (including phenoxy) is 1. The molecular weight excluding hydrogens is 435 g/mol. The number of alkyl halides is 3. The van der Waals surface area contributed by atoms with Gasteiger partial charge in [-0.25, -0.2) is 8.78 Å². The third-order valence-electron chi connectivity index (χ3n) is 5.66. The molecule has 2 unspecified atom stereocenters. The zero-order valence-corrected chi connectivity index (χ0v) is 16.3. The molecule has 5 rings (SSSR count). The first-order valence-electron chi connectivity index (χ1n) is 9.71. The first kappa shape index (κ1) is 20.6. The van der Waals surface area contributed by atoms with Gasteiger partial charge < -0.3 is 14.2 Å². The fraction of sp³-hybridized carbons (Fsp3) is 0.286. The number of fused-ring (bicyclic) bond motifs is 4. The minimum atomic E-state index is -4.93. The molecule has 32 heavy (non-hydrogen) atoms. The number of benzene rings is 2. The lowest BCUT2D eigenvalue weighted by molar-refractivity contribution is -0.140. The summed E-state index contributed by atoms with van der Waals surface area (Å²) in [5.41, 5.74) is -1.54. The summed E-state index contributed by atoms with van der Waals surface area (Å²) in [6, 6.07) is 6.98. The van der Waals surface area contributed by atoms with Crippen molar-refractivity contribution in [3.05, 3.63) is 71.1 Å². The van der Waals surface area contributed by atoms with Crippen molar-refractivity contribution in [3.8, 4) is 11.4 Å². The molecule has 0 aliphatic carbocycles. The van der Waals surface area contributed by atoms with Crippen LogP contribution in [0.4, 0.5) is 22.0 Å². The summed E-state index contributed by atoms with van der Waals surface area (Å²) < 4.78 is 74.6. The summed E-state index contributed by atoms with van der Waals surface area (Å²) in [7, 11) is 0. The van der Waals surface area contributed by atoms with Crippen LogP contribution in [-0.2, 0) is 17.5 Å². The van der Waals surface area contributed by atoms with Gasteiger partial charge in [-0.1, -0.05) is 6.07 Å². The van der Waals surface area contributed by atoms with Crippen molar-refractivity contribution < 1.29 is 31.5 Å². The molecule has 0 radical (unpaired) electrons. The van der Waals surface area contributed by atoms with Crippen LogP contribution in [0.15, 0.2) is 42.5 Å². The third kappa shape index (κ3) is 3.24. The van der Waals surface area contributed by atoms with Gasteiger partial charge in [0.2, 0.25) is 0 Å². The highest BCUT2D eigenvalue weighted by Gasteiger charge is 2.45. The Labute approximate surface area is 178 Å². The van der Waals surface area contributed by atoms with Crippen LogP contribution in [0, 0.1) is 11.6 Å². The van der Waals surface area contributed by atoms with Crippen molar-refractivity contribution >= 4 is 5.91 Å². The van der Waals surface area contributed by atoms with Crippen LogP contribution in [0.2, 0.25) is 0 Å². The topological polar surface area (TPSA) is 60.3 Å². The molecule has 11 heteroatoms. The number of hydrogen-bond donors (Lipinski definition) is 0. The molecule has 1 saturated heterocycles. The maximum Gasteiger partial charge on any atom is 0.419 e. The second-order valence-corrected chi connectivity index (χ2v) is 7.58. The van der Waals surface area contributed by atoms with E-state index < -0.39 is 46.9 Å². The summed E-state index contributed by atoms with van der Waals surface area (Å²) in [4.78, 5) is 14.5. The van der Waals surface area contributed by atoms with Gasteiger partial charge >= 0.3 is 6.18 Å². The van der Waals surface area contributed by atoms with Gasteiger partial charge in [0.05, 0.1) is 30.4 Å². The van der Waals surface area contributed by atoms with Gasteiger partial charge in [-0.05, 0) is 36.4 Å². The van der Waals surface area contributed by atoms with Crippen molar-refractivity contribution in [2.24, 2.45) is 0 Å². The van der Waals surface area contributed by atoms with Crippen LogP contribution < -0.4 is 0 Å². The van der Waals surface area contributed by atoms with Crippen molar-refractivity contribution in [2.75, 3.05) is 13.2 Å². The van der Waals surface area contributed by atoms with Crippen molar-refractivity contribution in [1.29, 1.82) is 0 Å². The zero-order valence-electron chi connectivity index (χ0n) is 16.3. The average Bonchev–Trinajstić information content (AvgIpc) is 3.16. The fourth-order valence-corrected chi connectivity index (χ4v) is 4.20. The van der Waals surface area contributed by atoms with E-state index in [1.54, 1.807) is 16.7 Å². The molecule has 2 aliphatic rings. The summed E-state index contributed by atoms with van der Waals surface area (Å²) in [6.45, 7) is 0.339. The van der Waals surface area contributed by atoms with Crippen LogP contribution in [0.1, 0.15) is 27.8 Å². The molecule has 0 saturated carbocycles. The summed E-state index contributed by atoms with van der Waals surface area (Å²) >= 11 is 0. The van der Waals surface area contributed by atoms with E-state index in [2.05, 4.69) is 10.2 Å². The van der Waals surface area contributed by atoms with Crippen LogP contribution in [0.3, 0.4) is 0 Å². The first-order chi connectivity index (χ1) is 15.3. The molecular formula is C21H15F5N4O2. The quantitative estimate of drug-likeness (QED) is 0.557. The monoisotopic (exact) mass is 450 g/mol. The molecule has 1 amide bonds. The van der Waals surface area contributed by atoms with Gasteiger partial charge in [-0.3, -0.25) is 4.79 Å². The van der Waals surface area contributed by atoms with E-state index in [-0.39, 0.29) is 19.8 Å². The number of nitrogens with zero attached hydrogens (tertiary/aromatic N) is 4. The Bertz CT molecular complexity index is 1190. The maximum atomic E-state index is 14.6. The van der Waals surface area contributed by atoms with E-state index in [1.807, 2.05) is 0 Å². The standard InChI is InChI=1S/C21H15F5N4O2/c22-12-6-4-11(5-7-12)18-27-28-19-16-10-32-9-13(8-29(18)19)30(16)20(31)14-2-1-3-15(17(14)23)21(24,25)26/h1-7,13,16H,8-10H2. The first-order valence-corrected chi connectivity index (χ1v) is 9.71. The molecule has 0 spiro atoms. The van der Waals surface area contributed by atoms with Crippen LogP contribution in [0.25, 0.3) is 11.4 Å². The Hall–Kier alpha value is -3.34. The molecule has 2 atom stereocenters. The Morgan fingerprint density at radius 1 is 1.03 bits per heavy atom. The normalized spacial score (nSPS) is 20.2. The number of morpholine rings is 1. The number of aromatic nitrogens is 3. The number of carbonyl (C=O) groups is 1. The number of halogens is 5. The Kier molecular flexibility index (Phi) is 4.73. The number of hydrogen-bond acceptors (Lipinski definition) is 4. The second kappa shape index (κ2) is 7.37. The van der Waals surface area contributed by atoms with E-state index in [1.165, 1.54) is 17.0 Å². The number of carbonyl (C=O) groups excluding carboxylic acids is 1. The van der Waals surface area contributed by atoms with Crippen molar-refractivity contribution in [3.63, 3.8) is 0 Å². The highest BCUT2D eigenvalue weighted by Crippen LogP contribution is 2.38. The largest absolute Gasteiger partial charge is 0.419 e. The molecule has 1 fully saturated rings. The van der Waals surface area contributed by atoms with Crippen molar-refractivity contribution in [1.82, 2.24) is 19.7 Å². The SMILES string of the molecule is O=C(c1cccc(C(F)(F)F)c1F)N1C2COCC1c1nnc(-c3ccc(F)cc3)n1C2. The third-order valence-corrected chi connectivity index (χ3v) is 5.66. The molecule has 6 nitrogen and oxygen atoms in total. The molecule has 2 aromatic carbocycles. The number of amides is 1. The van der Waals surface area contributed by atoms with Crippen LogP contribution >= 0.6 is 0 Å². The van der Waals surface area contributed by atoms with E-state index in [9.17, 15) is 26.7 Å².